The lowest BCUT2D eigenvalue weighted by atomic mass is 10.2. The number of furan rings is 1. The second-order valence-corrected chi connectivity index (χ2v) is 3.88. The molecule has 3 N–H and O–H groups in total. The number of hydrogen-bond acceptors (Lipinski definition) is 6. The highest BCUT2D eigenvalue weighted by atomic mass is 16.4. The van der Waals surface area contributed by atoms with Gasteiger partial charge >= 0.3 is 5.97 Å². The maximum atomic E-state index is 11.0. The number of fused-ring (bicyclic) bond motifs is 1. The predicted octanol–water partition coefficient (Wildman–Crippen LogP) is 0.748. The van der Waals surface area contributed by atoms with Gasteiger partial charge in [-0.1, -0.05) is 0 Å². The fourth-order valence-electron chi connectivity index (χ4n) is 1.85. The van der Waals surface area contributed by atoms with Crippen LogP contribution in [0, 0.1) is 0 Å². The first-order chi connectivity index (χ1) is 9.16. The lowest BCUT2D eigenvalue weighted by Crippen LogP contribution is -2.04. The van der Waals surface area contributed by atoms with Gasteiger partial charge in [0.15, 0.2) is 11.5 Å². The fraction of sp³-hybridized carbons (Fsp3) is 0.0909. The van der Waals surface area contributed by atoms with Crippen molar-refractivity contribution in [3.8, 4) is 0 Å². The minimum absolute atomic E-state index is 0.0936. The summed E-state index contributed by atoms with van der Waals surface area (Å²) in [5, 5.41) is 8.98. The van der Waals surface area contributed by atoms with Crippen LogP contribution in [-0.2, 0) is 6.54 Å². The van der Waals surface area contributed by atoms with E-state index in [1.165, 1.54) is 18.9 Å². The third-order valence-electron chi connectivity index (χ3n) is 2.71. The highest BCUT2D eigenvalue weighted by Gasteiger charge is 2.16. The van der Waals surface area contributed by atoms with Gasteiger partial charge in [-0.2, -0.15) is 0 Å². The largest absolute Gasteiger partial charge is 0.475 e. The lowest BCUT2D eigenvalue weighted by Gasteiger charge is -2.02. The van der Waals surface area contributed by atoms with Crippen molar-refractivity contribution in [3.05, 3.63) is 36.3 Å². The molecule has 0 saturated carbocycles. The standard InChI is InChI=1S/C11H9N5O3/c12-9-7-10(14-4-13-9)16(5-15-7)3-6-1-2-19-8(6)11(17)18/h1-2,4-5H,3H2,(H,17,18)(H2,12,13,14). The third-order valence-corrected chi connectivity index (χ3v) is 2.71. The Kier molecular flexibility index (Phi) is 2.41. The van der Waals surface area contributed by atoms with Gasteiger partial charge in [0.1, 0.15) is 11.8 Å². The molecule has 0 bridgehead atoms. The molecule has 8 nitrogen and oxygen atoms in total. The molecule has 0 aliphatic carbocycles. The number of aromatic nitrogens is 4. The van der Waals surface area contributed by atoms with Gasteiger partial charge in [0, 0.05) is 5.56 Å². The van der Waals surface area contributed by atoms with Gasteiger partial charge in [-0.05, 0) is 6.07 Å². The Morgan fingerprint density at radius 2 is 2.26 bits per heavy atom. The molecule has 0 aliphatic rings. The van der Waals surface area contributed by atoms with Gasteiger partial charge in [0.25, 0.3) is 0 Å². The van der Waals surface area contributed by atoms with E-state index < -0.39 is 5.97 Å². The van der Waals surface area contributed by atoms with E-state index in [0.717, 1.165) is 0 Å². The smallest absolute Gasteiger partial charge is 0.372 e. The topological polar surface area (TPSA) is 120 Å². The van der Waals surface area contributed by atoms with Gasteiger partial charge in [-0.25, -0.2) is 19.7 Å². The van der Waals surface area contributed by atoms with E-state index in [1.54, 1.807) is 10.6 Å². The van der Waals surface area contributed by atoms with Crippen LogP contribution in [0.25, 0.3) is 11.2 Å². The van der Waals surface area contributed by atoms with Crippen LogP contribution in [0.3, 0.4) is 0 Å². The van der Waals surface area contributed by atoms with E-state index in [9.17, 15) is 4.79 Å². The maximum absolute atomic E-state index is 11.0. The van der Waals surface area contributed by atoms with E-state index >= 15 is 0 Å². The van der Waals surface area contributed by atoms with Crippen molar-refractivity contribution in [1.82, 2.24) is 19.5 Å². The Morgan fingerprint density at radius 3 is 3.05 bits per heavy atom. The van der Waals surface area contributed by atoms with Crippen LogP contribution in [0.5, 0.6) is 0 Å². The van der Waals surface area contributed by atoms with Gasteiger partial charge in [0.05, 0.1) is 19.1 Å². The molecule has 0 aliphatic heterocycles. The Hall–Kier alpha value is -2.90. The highest BCUT2D eigenvalue weighted by molar-refractivity contribution is 5.86. The Balaban J connectivity index is 2.04. The SMILES string of the molecule is Nc1ncnc2c1ncn2Cc1ccoc1C(=O)O. The molecule has 3 aromatic heterocycles. The van der Waals surface area contributed by atoms with Gasteiger partial charge in [0.2, 0.25) is 5.76 Å². The van der Waals surface area contributed by atoms with E-state index in [1.807, 2.05) is 0 Å². The Morgan fingerprint density at radius 1 is 1.42 bits per heavy atom. The molecule has 0 radical (unpaired) electrons. The molecule has 0 aromatic carbocycles. The van der Waals surface area contributed by atoms with Gasteiger partial charge in [-0.3, -0.25) is 0 Å². The van der Waals surface area contributed by atoms with Crippen molar-refractivity contribution in [2.45, 2.75) is 6.54 Å². The fourth-order valence-corrected chi connectivity index (χ4v) is 1.85. The van der Waals surface area contributed by atoms with E-state index in [4.69, 9.17) is 15.3 Å². The summed E-state index contributed by atoms with van der Waals surface area (Å²) in [5.41, 5.74) is 7.25. The molecule has 3 heterocycles. The number of carbonyl (C=O) groups is 1. The lowest BCUT2D eigenvalue weighted by molar-refractivity contribution is 0.0660. The van der Waals surface area contributed by atoms with Crippen molar-refractivity contribution in [2.24, 2.45) is 0 Å². The van der Waals surface area contributed by atoms with Crippen molar-refractivity contribution < 1.29 is 14.3 Å². The number of anilines is 1. The molecule has 0 amide bonds. The predicted molar refractivity (Wildman–Crippen MR) is 64.5 cm³/mol. The number of nitrogens with zero attached hydrogens (tertiary/aromatic N) is 4. The van der Waals surface area contributed by atoms with Crippen LogP contribution < -0.4 is 5.73 Å². The molecule has 19 heavy (non-hydrogen) atoms. The minimum Gasteiger partial charge on any atom is -0.475 e. The monoisotopic (exact) mass is 259 g/mol. The number of carboxylic acid groups (broad SMARTS) is 1. The summed E-state index contributed by atoms with van der Waals surface area (Å²) in [4.78, 5) is 23.0. The number of imidazole rings is 1. The molecular weight excluding hydrogens is 250 g/mol. The summed E-state index contributed by atoms with van der Waals surface area (Å²) >= 11 is 0. The molecule has 3 rings (SSSR count). The van der Waals surface area contributed by atoms with Crippen molar-refractivity contribution in [3.63, 3.8) is 0 Å². The van der Waals surface area contributed by atoms with Crippen LogP contribution in [0.15, 0.2) is 29.4 Å². The summed E-state index contributed by atoms with van der Waals surface area (Å²) in [6.07, 6.45) is 4.21. The van der Waals surface area contributed by atoms with Crippen LogP contribution in [0.2, 0.25) is 0 Å². The maximum Gasteiger partial charge on any atom is 0.372 e. The molecular formula is C11H9N5O3. The van der Waals surface area contributed by atoms with Gasteiger partial charge < -0.3 is 19.8 Å². The van der Waals surface area contributed by atoms with Gasteiger partial charge in [-0.15, -0.1) is 0 Å². The molecule has 96 valence electrons. The summed E-state index contributed by atoms with van der Waals surface area (Å²) < 4.78 is 6.61. The quantitative estimate of drug-likeness (QED) is 0.711. The molecule has 0 saturated heterocycles. The molecule has 0 unspecified atom stereocenters. The molecule has 3 aromatic rings. The van der Waals surface area contributed by atoms with Crippen molar-refractivity contribution in [1.29, 1.82) is 0 Å². The average Bonchev–Trinajstić information content (AvgIpc) is 2.98. The van der Waals surface area contributed by atoms with E-state index in [0.29, 0.717) is 16.7 Å². The summed E-state index contributed by atoms with van der Waals surface area (Å²) in [6, 6.07) is 1.60. The highest BCUT2D eigenvalue weighted by Crippen LogP contribution is 2.18. The van der Waals surface area contributed by atoms with E-state index in [2.05, 4.69) is 15.0 Å². The average molecular weight is 259 g/mol. The Labute approximate surface area is 106 Å². The molecule has 0 atom stereocenters. The molecule has 8 heteroatoms. The van der Waals surface area contributed by atoms with Crippen LogP contribution in [-0.4, -0.2) is 30.6 Å². The first-order valence-electron chi connectivity index (χ1n) is 5.38. The normalized spacial score (nSPS) is 10.9. The molecule has 0 spiro atoms. The van der Waals surface area contributed by atoms with E-state index in [-0.39, 0.29) is 18.1 Å². The zero-order valence-corrected chi connectivity index (χ0v) is 9.65. The van der Waals surface area contributed by atoms with Crippen LogP contribution in [0.4, 0.5) is 5.82 Å². The second-order valence-electron chi connectivity index (χ2n) is 3.88. The number of nitrogen functional groups attached to an aromatic ring is 1. The Bertz CT molecular complexity index is 761. The summed E-state index contributed by atoms with van der Waals surface area (Å²) in [6.45, 7) is 0.283. The summed E-state index contributed by atoms with van der Waals surface area (Å²) in [7, 11) is 0. The minimum atomic E-state index is -1.11. The number of hydrogen-bond donors (Lipinski definition) is 2. The zero-order valence-electron chi connectivity index (χ0n) is 9.65. The van der Waals surface area contributed by atoms with Crippen LogP contribution >= 0.6 is 0 Å². The summed E-state index contributed by atoms with van der Waals surface area (Å²) in [5.74, 6) is -0.920. The number of rotatable bonds is 3. The first-order valence-corrected chi connectivity index (χ1v) is 5.38. The number of nitrogens with two attached hydrogens (primary N) is 1. The zero-order chi connectivity index (χ0) is 13.4. The second kappa shape index (κ2) is 4.09. The number of aromatic carboxylic acids is 1. The van der Waals surface area contributed by atoms with Crippen molar-refractivity contribution >= 4 is 23.0 Å². The first kappa shape index (κ1) is 11.2. The number of carboxylic acids is 1. The third kappa shape index (κ3) is 1.79. The van der Waals surface area contributed by atoms with Crippen molar-refractivity contribution in [2.75, 3.05) is 5.73 Å². The molecule has 0 fully saturated rings. The van der Waals surface area contributed by atoms with Crippen LogP contribution in [0.1, 0.15) is 16.1 Å².